The van der Waals surface area contributed by atoms with Crippen molar-refractivity contribution in [3.05, 3.63) is 5.82 Å². The van der Waals surface area contributed by atoms with E-state index in [0.717, 1.165) is 31.8 Å². The second-order valence-corrected chi connectivity index (χ2v) is 4.83. The molecule has 2 rings (SSSR count). The van der Waals surface area contributed by atoms with E-state index in [1.807, 2.05) is 4.68 Å². The van der Waals surface area contributed by atoms with Crippen LogP contribution in [0.25, 0.3) is 0 Å². The molecular formula is C11H21N5O2. The van der Waals surface area contributed by atoms with Crippen molar-refractivity contribution in [2.24, 2.45) is 0 Å². The third-order valence-electron chi connectivity index (χ3n) is 3.23. The smallest absolute Gasteiger partial charge is 0.165 e. The number of hydrogen-bond acceptors (Lipinski definition) is 6. The van der Waals surface area contributed by atoms with Gasteiger partial charge in [-0.2, -0.15) is 0 Å². The maximum Gasteiger partial charge on any atom is 0.165 e. The maximum atomic E-state index is 5.55. The van der Waals surface area contributed by atoms with Crippen molar-refractivity contribution in [1.29, 1.82) is 0 Å². The van der Waals surface area contributed by atoms with Crippen LogP contribution in [0.15, 0.2) is 0 Å². The second-order valence-electron chi connectivity index (χ2n) is 4.83. The summed E-state index contributed by atoms with van der Waals surface area (Å²) in [6, 6.07) is 0. The molecular weight excluding hydrogens is 234 g/mol. The Hall–Kier alpha value is -1.05. The lowest BCUT2D eigenvalue weighted by Crippen LogP contribution is -2.41. The van der Waals surface area contributed by atoms with Crippen molar-refractivity contribution in [3.8, 4) is 0 Å². The van der Waals surface area contributed by atoms with Gasteiger partial charge in [-0.15, -0.1) is 5.10 Å². The minimum absolute atomic E-state index is 0.125. The van der Waals surface area contributed by atoms with E-state index in [2.05, 4.69) is 27.8 Å². The van der Waals surface area contributed by atoms with Gasteiger partial charge in [0.15, 0.2) is 5.82 Å². The van der Waals surface area contributed by atoms with Gasteiger partial charge in [0.1, 0.15) is 0 Å². The van der Waals surface area contributed by atoms with E-state index in [1.165, 1.54) is 0 Å². The fourth-order valence-electron chi connectivity index (χ4n) is 2.20. The summed E-state index contributed by atoms with van der Waals surface area (Å²) in [4.78, 5) is 0. The summed E-state index contributed by atoms with van der Waals surface area (Å²) in [6.45, 7) is 5.76. The molecule has 2 heterocycles. The molecule has 1 atom stereocenters. The molecule has 0 aliphatic carbocycles. The Morgan fingerprint density at radius 2 is 2.44 bits per heavy atom. The zero-order valence-electron chi connectivity index (χ0n) is 11.1. The summed E-state index contributed by atoms with van der Waals surface area (Å²) >= 11 is 0. The van der Waals surface area contributed by atoms with E-state index in [0.29, 0.717) is 19.8 Å². The quantitative estimate of drug-likeness (QED) is 0.718. The number of ether oxygens (including phenoxy) is 2. The molecule has 1 fully saturated rings. The predicted octanol–water partition coefficient (Wildman–Crippen LogP) is -0.0653. The Kier molecular flexibility index (Phi) is 4.62. The van der Waals surface area contributed by atoms with Crippen LogP contribution in [0.4, 0.5) is 0 Å². The Balaban J connectivity index is 1.98. The SMILES string of the molecule is COCCNCc1nnnn1C1(C)CCCOC1. The Morgan fingerprint density at radius 3 is 3.17 bits per heavy atom. The van der Waals surface area contributed by atoms with Crippen molar-refractivity contribution in [2.75, 3.05) is 33.5 Å². The number of nitrogens with one attached hydrogen (secondary N) is 1. The van der Waals surface area contributed by atoms with Crippen molar-refractivity contribution < 1.29 is 9.47 Å². The van der Waals surface area contributed by atoms with E-state index >= 15 is 0 Å². The van der Waals surface area contributed by atoms with Gasteiger partial charge in [0.05, 0.1) is 25.3 Å². The van der Waals surface area contributed by atoms with Gasteiger partial charge in [-0.25, -0.2) is 4.68 Å². The molecule has 7 heteroatoms. The number of tetrazole rings is 1. The first-order valence-corrected chi connectivity index (χ1v) is 6.31. The highest BCUT2D eigenvalue weighted by atomic mass is 16.5. The monoisotopic (exact) mass is 255 g/mol. The van der Waals surface area contributed by atoms with Gasteiger partial charge in [-0.05, 0) is 30.2 Å². The molecule has 1 aliphatic heterocycles. The Bertz CT molecular complexity index is 362. The average Bonchev–Trinajstić information content (AvgIpc) is 2.85. The van der Waals surface area contributed by atoms with Gasteiger partial charge in [-0.1, -0.05) is 0 Å². The molecule has 1 aliphatic rings. The first kappa shape index (κ1) is 13.4. The van der Waals surface area contributed by atoms with Crippen molar-refractivity contribution in [3.63, 3.8) is 0 Å². The number of hydrogen-bond donors (Lipinski definition) is 1. The van der Waals surface area contributed by atoms with E-state index in [9.17, 15) is 0 Å². The highest BCUT2D eigenvalue weighted by molar-refractivity contribution is 4.91. The third-order valence-corrected chi connectivity index (χ3v) is 3.23. The fraction of sp³-hybridized carbons (Fsp3) is 0.909. The van der Waals surface area contributed by atoms with Crippen molar-refractivity contribution in [1.82, 2.24) is 25.5 Å². The highest BCUT2D eigenvalue weighted by Crippen LogP contribution is 2.26. The first-order chi connectivity index (χ1) is 8.76. The molecule has 1 aromatic rings. The first-order valence-electron chi connectivity index (χ1n) is 6.31. The van der Waals surface area contributed by atoms with Gasteiger partial charge >= 0.3 is 0 Å². The van der Waals surface area contributed by atoms with E-state index in [4.69, 9.17) is 9.47 Å². The minimum Gasteiger partial charge on any atom is -0.383 e. The average molecular weight is 255 g/mol. The molecule has 0 amide bonds. The molecule has 0 saturated carbocycles. The van der Waals surface area contributed by atoms with Crippen LogP contribution in [0.5, 0.6) is 0 Å². The normalized spacial score (nSPS) is 24.3. The molecule has 1 saturated heterocycles. The van der Waals surface area contributed by atoms with E-state index < -0.39 is 0 Å². The Labute approximate surface area is 107 Å². The summed E-state index contributed by atoms with van der Waals surface area (Å²) in [5.41, 5.74) is -0.125. The summed E-state index contributed by atoms with van der Waals surface area (Å²) in [5, 5.41) is 15.2. The van der Waals surface area contributed by atoms with Gasteiger partial charge in [-0.3, -0.25) is 0 Å². The van der Waals surface area contributed by atoms with Crippen LogP contribution in [-0.4, -0.2) is 53.7 Å². The molecule has 1 unspecified atom stereocenters. The van der Waals surface area contributed by atoms with E-state index in [1.54, 1.807) is 7.11 Å². The lowest BCUT2D eigenvalue weighted by molar-refractivity contribution is 0.000987. The summed E-state index contributed by atoms with van der Waals surface area (Å²) < 4.78 is 12.4. The standard InChI is InChI=1S/C11H21N5O2/c1-11(4-3-6-18-9-11)16-10(13-14-15-16)8-12-5-7-17-2/h12H,3-9H2,1-2H3. The van der Waals surface area contributed by atoms with Crippen LogP contribution in [0, 0.1) is 0 Å². The molecule has 0 bridgehead atoms. The van der Waals surface area contributed by atoms with Crippen molar-refractivity contribution in [2.45, 2.75) is 31.8 Å². The van der Waals surface area contributed by atoms with Crippen LogP contribution in [-0.2, 0) is 21.6 Å². The summed E-state index contributed by atoms with van der Waals surface area (Å²) in [6.07, 6.45) is 2.09. The predicted molar refractivity (Wildman–Crippen MR) is 65.1 cm³/mol. The largest absolute Gasteiger partial charge is 0.383 e. The molecule has 0 spiro atoms. The summed E-state index contributed by atoms with van der Waals surface area (Å²) in [5.74, 6) is 0.846. The molecule has 0 radical (unpaired) electrons. The number of rotatable bonds is 6. The van der Waals surface area contributed by atoms with Gasteiger partial charge in [0, 0.05) is 20.3 Å². The van der Waals surface area contributed by atoms with Gasteiger partial charge in [0.25, 0.3) is 0 Å². The van der Waals surface area contributed by atoms with Crippen LogP contribution < -0.4 is 5.32 Å². The molecule has 1 N–H and O–H groups in total. The zero-order chi connectivity index (χ0) is 12.8. The summed E-state index contributed by atoms with van der Waals surface area (Å²) in [7, 11) is 1.69. The van der Waals surface area contributed by atoms with Gasteiger partial charge in [0.2, 0.25) is 0 Å². The lowest BCUT2D eigenvalue weighted by atomic mass is 9.95. The molecule has 1 aromatic heterocycles. The van der Waals surface area contributed by atoms with Crippen molar-refractivity contribution >= 4 is 0 Å². The molecule has 7 nitrogen and oxygen atoms in total. The number of methoxy groups -OCH3 is 1. The fourth-order valence-corrected chi connectivity index (χ4v) is 2.20. The topological polar surface area (TPSA) is 74.1 Å². The maximum absolute atomic E-state index is 5.55. The second kappa shape index (κ2) is 6.21. The van der Waals surface area contributed by atoms with E-state index in [-0.39, 0.29) is 5.54 Å². The van der Waals surface area contributed by atoms with Gasteiger partial charge < -0.3 is 14.8 Å². The number of nitrogens with zero attached hydrogens (tertiary/aromatic N) is 4. The van der Waals surface area contributed by atoms with Crippen LogP contribution in [0.2, 0.25) is 0 Å². The van der Waals surface area contributed by atoms with Crippen LogP contribution in [0.1, 0.15) is 25.6 Å². The number of aromatic nitrogens is 4. The Morgan fingerprint density at radius 1 is 1.56 bits per heavy atom. The molecule has 102 valence electrons. The zero-order valence-corrected chi connectivity index (χ0v) is 11.1. The lowest BCUT2D eigenvalue weighted by Gasteiger charge is -2.33. The third kappa shape index (κ3) is 3.04. The van der Waals surface area contributed by atoms with Crippen LogP contribution >= 0.6 is 0 Å². The van der Waals surface area contributed by atoms with Crippen LogP contribution in [0.3, 0.4) is 0 Å². The highest BCUT2D eigenvalue weighted by Gasteiger charge is 2.33. The minimum atomic E-state index is -0.125. The molecule has 0 aromatic carbocycles. The molecule has 18 heavy (non-hydrogen) atoms.